The summed E-state index contributed by atoms with van der Waals surface area (Å²) in [6, 6.07) is 7.98. The van der Waals surface area contributed by atoms with Crippen LogP contribution in [0.5, 0.6) is 11.6 Å². The van der Waals surface area contributed by atoms with E-state index < -0.39 is 0 Å². The third kappa shape index (κ3) is 4.04. The van der Waals surface area contributed by atoms with E-state index in [2.05, 4.69) is 4.90 Å². The summed E-state index contributed by atoms with van der Waals surface area (Å²) in [6.07, 6.45) is 5.52. The van der Waals surface area contributed by atoms with Crippen LogP contribution in [-0.4, -0.2) is 40.4 Å². The van der Waals surface area contributed by atoms with E-state index in [1.54, 1.807) is 36.1 Å². The molecule has 0 unspecified atom stereocenters. The molecule has 32 heavy (non-hydrogen) atoms. The zero-order valence-electron chi connectivity index (χ0n) is 18.0. The van der Waals surface area contributed by atoms with Crippen LogP contribution in [0.2, 0.25) is 0 Å². The highest BCUT2D eigenvalue weighted by Crippen LogP contribution is 2.33. The molecule has 1 saturated heterocycles. The summed E-state index contributed by atoms with van der Waals surface area (Å²) >= 11 is 0. The topological polar surface area (TPSA) is 71.7 Å². The van der Waals surface area contributed by atoms with Crippen molar-refractivity contribution < 1.29 is 18.3 Å². The molecule has 1 fully saturated rings. The van der Waals surface area contributed by atoms with E-state index in [1.807, 2.05) is 0 Å². The van der Waals surface area contributed by atoms with Gasteiger partial charge in [-0.25, -0.2) is 9.37 Å². The van der Waals surface area contributed by atoms with E-state index in [1.165, 1.54) is 18.8 Å². The van der Waals surface area contributed by atoms with Crippen LogP contribution in [0.15, 0.2) is 41.0 Å². The molecule has 1 aromatic carbocycles. The Kier molecular flexibility index (Phi) is 5.51. The average molecular weight is 436 g/mol. The Morgan fingerprint density at radius 1 is 1.12 bits per heavy atom. The van der Waals surface area contributed by atoms with Crippen molar-refractivity contribution in [1.82, 2.24) is 14.9 Å². The summed E-state index contributed by atoms with van der Waals surface area (Å²) in [5.74, 6) is 1.41. The highest BCUT2D eigenvalue weighted by molar-refractivity contribution is 5.91. The fourth-order valence-electron chi connectivity index (χ4n) is 4.21. The number of amides is 1. The number of aromatic nitrogens is 2. The minimum atomic E-state index is -0.286. The van der Waals surface area contributed by atoms with Crippen molar-refractivity contribution in [2.45, 2.75) is 39.2 Å². The van der Waals surface area contributed by atoms with Crippen molar-refractivity contribution in [1.29, 1.82) is 0 Å². The van der Waals surface area contributed by atoms with Crippen molar-refractivity contribution in [3.63, 3.8) is 0 Å². The highest BCUT2D eigenvalue weighted by Gasteiger charge is 2.29. The molecular formula is C24H25FN4O3. The molecule has 0 saturated carbocycles. The molecule has 0 N–H and O–H groups in total. The number of nitrogens with zero attached hydrogens (tertiary/aromatic N) is 4. The van der Waals surface area contributed by atoms with Crippen LogP contribution in [0.1, 0.15) is 46.6 Å². The average Bonchev–Trinajstić information content (AvgIpc) is 3.36. The lowest BCUT2D eigenvalue weighted by Gasteiger charge is -2.31. The standard InChI is InChI=1S/C24H25FN4O3/c1-16-14-17(7-8-19(16)25)32-22-18-15-29(23(30)21-6-5-13-31-21)12-9-20(18)26-24(27-22)28-10-3-2-4-11-28/h5-8,13-14H,2-4,9-12,15H2,1H3. The predicted molar refractivity (Wildman–Crippen MR) is 116 cm³/mol. The van der Waals surface area contributed by atoms with Crippen molar-refractivity contribution in [3.05, 3.63) is 65.0 Å². The molecule has 0 atom stereocenters. The van der Waals surface area contributed by atoms with Gasteiger partial charge in [0, 0.05) is 26.1 Å². The molecule has 2 aliphatic heterocycles. The van der Waals surface area contributed by atoms with Crippen LogP contribution < -0.4 is 9.64 Å². The van der Waals surface area contributed by atoms with Crippen LogP contribution in [0.4, 0.5) is 10.3 Å². The van der Waals surface area contributed by atoms with Gasteiger partial charge in [0.05, 0.1) is 24.1 Å². The summed E-state index contributed by atoms with van der Waals surface area (Å²) in [7, 11) is 0. The predicted octanol–water partition coefficient (Wildman–Crippen LogP) is 4.50. The number of hydrogen-bond donors (Lipinski definition) is 0. The zero-order chi connectivity index (χ0) is 22.1. The number of rotatable bonds is 4. The van der Waals surface area contributed by atoms with Gasteiger partial charge >= 0.3 is 0 Å². The van der Waals surface area contributed by atoms with Crippen LogP contribution in [0.3, 0.4) is 0 Å². The Labute approximate surface area is 185 Å². The number of carbonyl (C=O) groups is 1. The van der Waals surface area contributed by atoms with E-state index >= 15 is 0 Å². The number of aryl methyl sites for hydroxylation is 1. The maximum atomic E-state index is 13.8. The fourth-order valence-corrected chi connectivity index (χ4v) is 4.21. The first-order valence-electron chi connectivity index (χ1n) is 11.0. The van der Waals surface area contributed by atoms with Crippen molar-refractivity contribution in [3.8, 4) is 11.6 Å². The number of halogens is 1. The largest absolute Gasteiger partial charge is 0.459 e. The monoisotopic (exact) mass is 436 g/mol. The second-order valence-corrected chi connectivity index (χ2v) is 8.27. The number of benzene rings is 1. The number of ether oxygens (including phenoxy) is 1. The molecule has 5 rings (SSSR count). The second kappa shape index (κ2) is 8.61. The van der Waals surface area contributed by atoms with E-state index in [9.17, 15) is 9.18 Å². The third-order valence-electron chi connectivity index (χ3n) is 6.01. The molecule has 0 bridgehead atoms. The summed E-state index contributed by atoms with van der Waals surface area (Å²) in [4.78, 5) is 26.3. The normalized spacial score (nSPS) is 16.1. The van der Waals surface area contributed by atoms with Crippen LogP contribution in [0.25, 0.3) is 0 Å². The van der Waals surface area contributed by atoms with Gasteiger partial charge in [-0.05, 0) is 62.1 Å². The Hall–Kier alpha value is -3.42. The second-order valence-electron chi connectivity index (χ2n) is 8.27. The third-order valence-corrected chi connectivity index (χ3v) is 6.01. The molecule has 2 aromatic heterocycles. The van der Waals surface area contributed by atoms with Gasteiger partial charge in [-0.2, -0.15) is 4.98 Å². The van der Waals surface area contributed by atoms with Crippen LogP contribution in [0, 0.1) is 12.7 Å². The minimum absolute atomic E-state index is 0.177. The Morgan fingerprint density at radius 3 is 2.72 bits per heavy atom. The summed E-state index contributed by atoms with van der Waals surface area (Å²) in [5, 5.41) is 0. The van der Waals surface area contributed by atoms with Gasteiger partial charge in [0.15, 0.2) is 5.76 Å². The van der Waals surface area contributed by atoms with Crippen LogP contribution >= 0.6 is 0 Å². The molecular weight excluding hydrogens is 411 g/mol. The molecule has 8 heteroatoms. The maximum absolute atomic E-state index is 13.8. The van der Waals surface area contributed by atoms with Crippen molar-refractivity contribution in [2.24, 2.45) is 0 Å². The molecule has 4 heterocycles. The zero-order valence-corrected chi connectivity index (χ0v) is 18.0. The van der Waals surface area contributed by atoms with Crippen molar-refractivity contribution >= 4 is 11.9 Å². The SMILES string of the molecule is Cc1cc(Oc2nc(N3CCCCC3)nc3c2CN(C(=O)c2ccco2)CC3)ccc1F. The number of hydrogen-bond acceptors (Lipinski definition) is 6. The molecule has 7 nitrogen and oxygen atoms in total. The first-order chi connectivity index (χ1) is 15.6. The first kappa shape index (κ1) is 20.5. The van der Waals surface area contributed by atoms with Gasteiger partial charge in [0.1, 0.15) is 11.6 Å². The first-order valence-corrected chi connectivity index (χ1v) is 11.0. The number of anilines is 1. The lowest BCUT2D eigenvalue weighted by atomic mass is 10.1. The minimum Gasteiger partial charge on any atom is -0.459 e. The Morgan fingerprint density at radius 2 is 1.97 bits per heavy atom. The number of fused-ring (bicyclic) bond motifs is 1. The highest BCUT2D eigenvalue weighted by atomic mass is 19.1. The van der Waals surface area contributed by atoms with E-state index in [-0.39, 0.29) is 11.7 Å². The lowest BCUT2D eigenvalue weighted by Crippen LogP contribution is -2.37. The quantitative estimate of drug-likeness (QED) is 0.600. The molecule has 0 radical (unpaired) electrons. The molecule has 3 aromatic rings. The molecule has 0 aliphatic carbocycles. The smallest absolute Gasteiger partial charge is 0.289 e. The Bertz CT molecular complexity index is 1130. The number of piperidine rings is 1. The van der Waals surface area contributed by atoms with Crippen LogP contribution in [-0.2, 0) is 13.0 Å². The van der Waals surface area contributed by atoms with E-state index in [0.29, 0.717) is 48.4 Å². The van der Waals surface area contributed by atoms with Crippen molar-refractivity contribution in [2.75, 3.05) is 24.5 Å². The lowest BCUT2D eigenvalue weighted by molar-refractivity contribution is 0.0699. The summed E-state index contributed by atoms with van der Waals surface area (Å²) < 4.78 is 25.2. The van der Waals surface area contributed by atoms with E-state index in [0.717, 1.165) is 37.2 Å². The van der Waals surface area contributed by atoms with Gasteiger partial charge < -0.3 is 19.0 Å². The molecule has 166 valence electrons. The fraction of sp³-hybridized carbons (Fsp3) is 0.375. The Balaban J connectivity index is 1.50. The van der Waals surface area contributed by atoms with Gasteiger partial charge in [0.25, 0.3) is 5.91 Å². The molecule has 1 amide bonds. The van der Waals surface area contributed by atoms with Gasteiger partial charge in [-0.3, -0.25) is 4.79 Å². The maximum Gasteiger partial charge on any atom is 0.289 e. The molecule has 0 spiro atoms. The van der Waals surface area contributed by atoms with E-state index in [4.69, 9.17) is 19.1 Å². The number of carbonyl (C=O) groups excluding carboxylic acids is 1. The molecule has 2 aliphatic rings. The number of furan rings is 1. The van der Waals surface area contributed by atoms with Gasteiger partial charge in [0.2, 0.25) is 11.8 Å². The summed E-state index contributed by atoms with van der Waals surface area (Å²) in [5.41, 5.74) is 2.16. The van der Waals surface area contributed by atoms with Gasteiger partial charge in [-0.15, -0.1) is 0 Å². The van der Waals surface area contributed by atoms with Gasteiger partial charge in [-0.1, -0.05) is 0 Å². The summed E-state index contributed by atoms with van der Waals surface area (Å²) in [6.45, 7) is 4.39.